The van der Waals surface area contributed by atoms with E-state index in [0.29, 0.717) is 19.7 Å². The molecule has 0 radical (unpaired) electrons. The molecule has 1 heterocycles. The fourth-order valence-corrected chi connectivity index (χ4v) is 6.69. The molecular weight excluding hydrogens is 823 g/mol. The van der Waals surface area contributed by atoms with Gasteiger partial charge in [-0.1, -0.05) is 84.9 Å². The number of epoxide rings is 1. The van der Waals surface area contributed by atoms with Crippen molar-refractivity contribution in [2.45, 2.75) is 53.0 Å². The molecule has 0 bridgehead atoms. The molecular formula is C50H54F2N4O8. The van der Waals surface area contributed by atoms with Crippen LogP contribution in [0.3, 0.4) is 0 Å². The molecule has 0 amide bonds. The number of benzene rings is 6. The number of aliphatic hydroxyl groups excluding tert-OH is 1. The van der Waals surface area contributed by atoms with Gasteiger partial charge in [0.1, 0.15) is 25.4 Å². The number of ether oxygens (including phenoxy) is 3. The molecule has 2 unspecified atom stereocenters. The number of nitrogens with one attached hydrogen (secondary N) is 1. The quantitative estimate of drug-likeness (QED) is 0.0546. The van der Waals surface area contributed by atoms with Crippen molar-refractivity contribution < 1.29 is 37.9 Å². The van der Waals surface area contributed by atoms with E-state index in [1.54, 1.807) is 0 Å². The fourth-order valence-electron chi connectivity index (χ4n) is 6.69. The summed E-state index contributed by atoms with van der Waals surface area (Å²) < 4.78 is 42.3. The molecule has 1 aliphatic rings. The fraction of sp³-hybridized carbons (Fsp3) is 0.280. The second-order valence-corrected chi connectivity index (χ2v) is 15.6. The Hall–Kier alpha value is -6.58. The molecule has 0 aliphatic carbocycles. The van der Waals surface area contributed by atoms with Gasteiger partial charge in [0.2, 0.25) is 0 Å². The number of non-ortho nitro benzene ring substituents is 2. The first-order valence-electron chi connectivity index (χ1n) is 20.7. The van der Waals surface area contributed by atoms with E-state index in [9.17, 15) is 34.1 Å². The Bertz CT molecular complexity index is 2500. The number of nitrogens with zero attached hydrogens (tertiary/aromatic N) is 3. The van der Waals surface area contributed by atoms with Crippen LogP contribution in [0.5, 0.6) is 11.5 Å². The summed E-state index contributed by atoms with van der Waals surface area (Å²) >= 11 is 0. The molecule has 2 N–H and O–H groups in total. The van der Waals surface area contributed by atoms with E-state index in [1.165, 1.54) is 68.8 Å². The summed E-state index contributed by atoms with van der Waals surface area (Å²) in [6.45, 7) is 11.2. The van der Waals surface area contributed by atoms with Crippen molar-refractivity contribution in [1.29, 1.82) is 0 Å². The summed E-state index contributed by atoms with van der Waals surface area (Å²) in [7, 11) is 3.85. The van der Waals surface area contributed by atoms with E-state index < -0.39 is 27.6 Å². The Balaban J connectivity index is 0.000000201. The van der Waals surface area contributed by atoms with Gasteiger partial charge in [0.05, 0.1) is 28.6 Å². The van der Waals surface area contributed by atoms with E-state index in [1.807, 2.05) is 19.0 Å². The minimum absolute atomic E-state index is 0.0103. The third-order valence-corrected chi connectivity index (χ3v) is 10.6. The van der Waals surface area contributed by atoms with Crippen LogP contribution >= 0.6 is 0 Å². The van der Waals surface area contributed by atoms with Gasteiger partial charge in [-0.05, 0) is 110 Å². The number of nitro groups is 2. The number of aryl methyl sites for hydroxylation is 2. The number of aliphatic hydroxyl groups is 1. The van der Waals surface area contributed by atoms with Crippen LogP contribution in [-0.2, 0) is 17.8 Å². The summed E-state index contributed by atoms with van der Waals surface area (Å²) in [5, 5.41) is 34.4. The van der Waals surface area contributed by atoms with Gasteiger partial charge in [-0.3, -0.25) is 25.1 Å². The number of nitro benzene ring substituents is 2. The summed E-state index contributed by atoms with van der Waals surface area (Å²) in [4.78, 5) is 21.6. The predicted octanol–water partition coefficient (Wildman–Crippen LogP) is 10.1. The third-order valence-electron chi connectivity index (χ3n) is 10.6. The Labute approximate surface area is 372 Å². The summed E-state index contributed by atoms with van der Waals surface area (Å²) in [5.74, 6) is -1.68. The molecule has 1 aliphatic heterocycles. The van der Waals surface area contributed by atoms with Crippen LogP contribution in [-0.4, -0.2) is 72.5 Å². The van der Waals surface area contributed by atoms with Crippen molar-refractivity contribution in [3.8, 4) is 33.8 Å². The molecule has 12 nitrogen and oxygen atoms in total. The van der Waals surface area contributed by atoms with E-state index in [0.717, 1.165) is 29.8 Å². The molecule has 7 rings (SSSR count). The van der Waals surface area contributed by atoms with Crippen molar-refractivity contribution in [1.82, 2.24) is 10.2 Å². The highest BCUT2D eigenvalue weighted by atomic mass is 19.1. The van der Waals surface area contributed by atoms with Crippen molar-refractivity contribution in [2.24, 2.45) is 0 Å². The molecule has 14 heteroatoms. The smallest absolute Gasteiger partial charge is 0.272 e. The maximum absolute atomic E-state index is 13.9. The minimum Gasteiger partial charge on any atom is -0.488 e. The highest BCUT2D eigenvalue weighted by Gasteiger charge is 2.24. The van der Waals surface area contributed by atoms with Crippen LogP contribution in [0.15, 0.2) is 121 Å². The monoisotopic (exact) mass is 876 g/mol. The molecule has 2 atom stereocenters. The van der Waals surface area contributed by atoms with Gasteiger partial charge < -0.3 is 24.6 Å². The van der Waals surface area contributed by atoms with Crippen molar-refractivity contribution in [3.63, 3.8) is 0 Å². The number of halogens is 2. The first-order chi connectivity index (χ1) is 30.6. The zero-order valence-corrected chi connectivity index (χ0v) is 36.8. The van der Waals surface area contributed by atoms with Gasteiger partial charge in [-0.2, -0.15) is 0 Å². The Morgan fingerprint density at radius 2 is 1.20 bits per heavy atom. The normalized spacial score (nSPS) is 13.2. The lowest BCUT2D eigenvalue weighted by atomic mass is 9.96. The highest BCUT2D eigenvalue weighted by molar-refractivity contribution is 5.69. The average Bonchev–Trinajstić information content (AvgIpc) is 4.11. The van der Waals surface area contributed by atoms with Gasteiger partial charge in [0.15, 0.2) is 23.1 Å². The van der Waals surface area contributed by atoms with Crippen molar-refractivity contribution >= 4 is 11.4 Å². The van der Waals surface area contributed by atoms with Crippen LogP contribution in [0.1, 0.15) is 33.4 Å². The zero-order chi connectivity index (χ0) is 46.3. The number of likely N-dealkylation sites (N-methyl/N-ethyl adjacent to an activating group) is 1. The van der Waals surface area contributed by atoms with Crippen molar-refractivity contribution in [2.75, 3.05) is 40.5 Å². The molecule has 0 aromatic heterocycles. The topological polar surface area (TPSA) is 153 Å². The second kappa shape index (κ2) is 23.2. The molecule has 6 aromatic rings. The van der Waals surface area contributed by atoms with Crippen LogP contribution in [0, 0.1) is 59.6 Å². The number of hydrogen-bond donors (Lipinski definition) is 2. The van der Waals surface area contributed by atoms with Gasteiger partial charge in [0, 0.05) is 31.8 Å². The summed E-state index contributed by atoms with van der Waals surface area (Å²) in [6.07, 6.45) is -0.816. The minimum atomic E-state index is -0.844. The van der Waals surface area contributed by atoms with Crippen LogP contribution in [0.2, 0.25) is 0 Å². The Morgan fingerprint density at radius 1 is 0.734 bits per heavy atom. The zero-order valence-electron chi connectivity index (χ0n) is 36.8. The van der Waals surface area contributed by atoms with Crippen LogP contribution in [0.25, 0.3) is 22.3 Å². The van der Waals surface area contributed by atoms with Crippen LogP contribution < -0.4 is 14.8 Å². The maximum Gasteiger partial charge on any atom is 0.272 e. The van der Waals surface area contributed by atoms with Crippen LogP contribution in [0.4, 0.5) is 20.2 Å². The maximum atomic E-state index is 13.9. The largest absolute Gasteiger partial charge is 0.488 e. The lowest BCUT2D eigenvalue weighted by Gasteiger charge is -2.21. The van der Waals surface area contributed by atoms with Crippen molar-refractivity contribution in [3.05, 3.63) is 187 Å². The molecule has 1 saturated heterocycles. The number of hydrogen-bond acceptors (Lipinski definition) is 10. The number of rotatable bonds is 16. The first-order valence-corrected chi connectivity index (χ1v) is 20.7. The van der Waals surface area contributed by atoms with Gasteiger partial charge in [-0.15, -0.1) is 0 Å². The van der Waals surface area contributed by atoms with E-state index in [-0.39, 0.29) is 42.2 Å². The average molecular weight is 877 g/mol. The molecule has 336 valence electrons. The lowest BCUT2D eigenvalue weighted by Crippen LogP contribution is -2.32. The Morgan fingerprint density at radius 3 is 1.64 bits per heavy atom. The highest BCUT2D eigenvalue weighted by Crippen LogP contribution is 2.28. The van der Waals surface area contributed by atoms with E-state index >= 15 is 0 Å². The van der Waals surface area contributed by atoms with Gasteiger partial charge in [0.25, 0.3) is 11.4 Å². The van der Waals surface area contributed by atoms with E-state index in [2.05, 4.69) is 118 Å². The first kappa shape index (κ1) is 48.5. The molecule has 1 fully saturated rings. The predicted molar refractivity (Wildman–Crippen MR) is 245 cm³/mol. The molecule has 0 spiro atoms. The second-order valence-electron chi connectivity index (χ2n) is 15.6. The summed E-state index contributed by atoms with van der Waals surface area (Å²) in [5.41, 5.74) is 12.1. The lowest BCUT2D eigenvalue weighted by molar-refractivity contribution is -0.385. The SMILES string of the molecule is CNCc1ccc(-c2cccc(C)c2C)cc1.Cc1cccc(-c2ccc(CN(C)CC(O)COc3ccc([N+](=O)[O-])cc3F)cc2)c1C.O=[N+]([O-])c1ccc(OCC2CO2)c(F)c1. The summed E-state index contributed by atoms with van der Waals surface area (Å²) in [6, 6.07) is 36.3. The van der Waals surface area contributed by atoms with Gasteiger partial charge >= 0.3 is 0 Å². The standard InChI is InChI=1S/C25H27FN2O4.C16H19N.C9H8FNO4/c1-17-5-4-6-23(18(17)2)20-9-7-19(8-10-20)14-27(3)15-22(29)16-32-25-12-11-21(28(30)31)13-24(25)26;1-12-5-4-6-16(13(12)2)15-9-7-14(8-10-15)11-17-3;10-8-3-6(11(12)13)1-2-9(8)15-5-7-4-14-7/h4-13,22,29H,14-16H2,1-3H3;4-10,17H,11H2,1-3H3;1-3,7H,4-5H2. The third kappa shape index (κ3) is 14.2. The van der Waals surface area contributed by atoms with E-state index in [4.69, 9.17) is 14.2 Å². The van der Waals surface area contributed by atoms with Gasteiger partial charge in [-0.25, -0.2) is 8.78 Å². The molecule has 6 aromatic carbocycles. The Kier molecular flexibility index (Phi) is 17.6. The molecule has 0 saturated carbocycles. The molecule has 64 heavy (non-hydrogen) atoms.